The van der Waals surface area contributed by atoms with Crippen molar-refractivity contribution in [2.24, 2.45) is 0 Å². The van der Waals surface area contributed by atoms with Crippen LogP contribution >= 0.6 is 0 Å². The third-order valence-electron chi connectivity index (χ3n) is 1.97. The van der Waals surface area contributed by atoms with Crippen LogP contribution in [-0.2, 0) is 0 Å². The zero-order chi connectivity index (χ0) is 11.1. The van der Waals surface area contributed by atoms with Crippen LogP contribution in [0.15, 0.2) is 30.6 Å². The molecule has 1 atom stereocenters. The van der Waals surface area contributed by atoms with Crippen LogP contribution in [0, 0.1) is 0 Å². The number of fused-ring (bicyclic) bond motifs is 1. The summed E-state index contributed by atoms with van der Waals surface area (Å²) < 4.78 is 37.9. The van der Waals surface area contributed by atoms with E-state index in [1.807, 2.05) is 0 Å². The van der Waals surface area contributed by atoms with Gasteiger partial charge >= 0.3 is 6.18 Å². The van der Waals surface area contributed by atoms with Crippen LogP contribution in [0.1, 0.15) is 11.8 Å². The Kier molecular flexibility index (Phi) is 2.15. The summed E-state index contributed by atoms with van der Waals surface area (Å²) in [6, 6.07) is 4.89. The SMILES string of the molecule is OC(c1cn2ccccc2n1)C(F)(F)F. The maximum Gasteiger partial charge on any atom is 0.420 e. The van der Waals surface area contributed by atoms with Gasteiger partial charge in [-0.25, -0.2) is 4.98 Å². The Hall–Kier alpha value is -1.56. The zero-order valence-corrected chi connectivity index (χ0v) is 7.44. The van der Waals surface area contributed by atoms with Crippen molar-refractivity contribution < 1.29 is 18.3 Å². The van der Waals surface area contributed by atoms with Crippen molar-refractivity contribution in [3.8, 4) is 0 Å². The number of aromatic nitrogens is 2. The molecule has 0 aliphatic carbocycles. The van der Waals surface area contributed by atoms with Crippen LogP contribution in [0.4, 0.5) is 13.2 Å². The van der Waals surface area contributed by atoms with E-state index in [1.165, 1.54) is 4.40 Å². The average molecular weight is 216 g/mol. The predicted octanol–water partition coefficient (Wildman–Crippen LogP) is 1.93. The highest BCUT2D eigenvalue weighted by atomic mass is 19.4. The van der Waals surface area contributed by atoms with E-state index in [0.29, 0.717) is 5.65 Å². The van der Waals surface area contributed by atoms with E-state index in [0.717, 1.165) is 6.20 Å². The van der Waals surface area contributed by atoms with Crippen molar-refractivity contribution in [3.63, 3.8) is 0 Å². The summed E-state index contributed by atoms with van der Waals surface area (Å²) in [7, 11) is 0. The van der Waals surface area contributed by atoms with Crippen LogP contribution in [0.25, 0.3) is 5.65 Å². The van der Waals surface area contributed by atoms with Crippen molar-refractivity contribution >= 4 is 5.65 Å². The summed E-state index contributed by atoms with van der Waals surface area (Å²) in [6.45, 7) is 0. The number of nitrogens with zero attached hydrogens (tertiary/aromatic N) is 2. The second kappa shape index (κ2) is 3.23. The molecule has 2 aromatic heterocycles. The molecule has 0 amide bonds. The van der Waals surface area contributed by atoms with E-state index in [9.17, 15) is 13.2 Å². The first-order valence-corrected chi connectivity index (χ1v) is 4.17. The molecule has 1 unspecified atom stereocenters. The molecule has 80 valence electrons. The fourth-order valence-corrected chi connectivity index (χ4v) is 1.25. The van der Waals surface area contributed by atoms with Crippen LogP contribution in [-0.4, -0.2) is 20.7 Å². The van der Waals surface area contributed by atoms with Crippen LogP contribution in [0.5, 0.6) is 0 Å². The van der Waals surface area contributed by atoms with E-state index in [1.54, 1.807) is 24.4 Å². The standard InChI is InChI=1S/C9H7F3N2O/c10-9(11,12)8(15)6-5-14-4-2-1-3-7(14)13-6/h1-5,8,15H. The Bertz CT molecular complexity index is 444. The third-order valence-corrected chi connectivity index (χ3v) is 1.97. The number of aliphatic hydroxyl groups excluding tert-OH is 1. The first-order chi connectivity index (χ1) is 6.98. The second-order valence-corrected chi connectivity index (χ2v) is 3.08. The number of alkyl halides is 3. The first kappa shape index (κ1) is 9.97. The lowest BCUT2D eigenvalue weighted by atomic mass is 10.3. The molecule has 0 aliphatic rings. The molecule has 0 saturated carbocycles. The maximum absolute atomic E-state index is 12.2. The van der Waals surface area contributed by atoms with Crippen molar-refractivity contribution in [3.05, 3.63) is 36.3 Å². The number of hydrogen-bond acceptors (Lipinski definition) is 2. The highest BCUT2D eigenvalue weighted by Gasteiger charge is 2.40. The Morgan fingerprint density at radius 1 is 1.33 bits per heavy atom. The van der Waals surface area contributed by atoms with Crippen molar-refractivity contribution in [2.45, 2.75) is 12.3 Å². The quantitative estimate of drug-likeness (QED) is 0.790. The van der Waals surface area contributed by atoms with Crippen LogP contribution in [0.3, 0.4) is 0 Å². The molecule has 0 fully saturated rings. The molecule has 2 rings (SSSR count). The van der Waals surface area contributed by atoms with Crippen molar-refractivity contribution in [1.82, 2.24) is 9.38 Å². The lowest BCUT2D eigenvalue weighted by Crippen LogP contribution is -2.20. The fraction of sp³-hybridized carbons (Fsp3) is 0.222. The normalized spacial score (nSPS) is 14.4. The minimum Gasteiger partial charge on any atom is -0.378 e. The first-order valence-electron chi connectivity index (χ1n) is 4.17. The molecule has 0 radical (unpaired) electrons. The molecule has 2 heterocycles. The fourth-order valence-electron chi connectivity index (χ4n) is 1.25. The highest BCUT2D eigenvalue weighted by molar-refractivity contribution is 5.39. The van der Waals surface area contributed by atoms with Gasteiger partial charge in [-0.05, 0) is 12.1 Å². The summed E-state index contributed by atoms with van der Waals surface area (Å²) in [5.41, 5.74) is -0.0236. The summed E-state index contributed by atoms with van der Waals surface area (Å²) in [6.07, 6.45) is -4.49. The summed E-state index contributed by atoms with van der Waals surface area (Å²) in [5.74, 6) is 0. The molecule has 2 aromatic rings. The number of aliphatic hydroxyl groups is 1. The van der Waals surface area contributed by atoms with Gasteiger partial charge in [-0.15, -0.1) is 0 Å². The Morgan fingerprint density at radius 2 is 2.07 bits per heavy atom. The molecule has 0 bridgehead atoms. The van der Waals surface area contributed by atoms with Gasteiger partial charge in [0.2, 0.25) is 0 Å². The molecular weight excluding hydrogens is 209 g/mol. The molecule has 1 N–H and O–H groups in total. The van der Waals surface area contributed by atoms with Crippen molar-refractivity contribution in [2.75, 3.05) is 0 Å². The lowest BCUT2D eigenvalue weighted by Gasteiger charge is -2.10. The number of hydrogen-bond donors (Lipinski definition) is 1. The molecular formula is C9H7F3N2O. The summed E-state index contributed by atoms with van der Waals surface area (Å²) in [5, 5.41) is 8.96. The smallest absolute Gasteiger partial charge is 0.378 e. The largest absolute Gasteiger partial charge is 0.420 e. The Morgan fingerprint density at radius 3 is 2.67 bits per heavy atom. The van der Waals surface area contributed by atoms with E-state index in [-0.39, 0.29) is 0 Å². The van der Waals surface area contributed by atoms with Crippen LogP contribution < -0.4 is 0 Å². The monoisotopic (exact) mass is 216 g/mol. The van der Waals surface area contributed by atoms with Gasteiger partial charge in [0.25, 0.3) is 0 Å². The maximum atomic E-state index is 12.2. The van der Waals surface area contributed by atoms with E-state index < -0.39 is 18.0 Å². The topological polar surface area (TPSA) is 37.5 Å². The predicted molar refractivity (Wildman–Crippen MR) is 46.2 cm³/mol. The Balaban J connectivity index is 2.45. The number of imidazole rings is 1. The van der Waals surface area contributed by atoms with Gasteiger partial charge in [-0.3, -0.25) is 0 Å². The number of pyridine rings is 1. The van der Waals surface area contributed by atoms with E-state index in [4.69, 9.17) is 5.11 Å². The molecule has 0 aromatic carbocycles. The molecule has 0 spiro atoms. The van der Waals surface area contributed by atoms with Gasteiger partial charge in [0.05, 0.1) is 5.69 Å². The van der Waals surface area contributed by atoms with Gasteiger partial charge in [-0.2, -0.15) is 13.2 Å². The minimum atomic E-state index is -4.68. The highest BCUT2D eigenvalue weighted by Crippen LogP contribution is 2.31. The van der Waals surface area contributed by atoms with Gasteiger partial charge in [0.1, 0.15) is 5.65 Å². The minimum absolute atomic E-state index is 0.371. The second-order valence-electron chi connectivity index (χ2n) is 3.08. The average Bonchev–Trinajstić information content (AvgIpc) is 2.58. The van der Waals surface area contributed by atoms with Gasteiger partial charge in [-0.1, -0.05) is 6.07 Å². The third kappa shape index (κ3) is 1.80. The lowest BCUT2D eigenvalue weighted by molar-refractivity contribution is -0.207. The van der Waals surface area contributed by atoms with Crippen LogP contribution in [0.2, 0.25) is 0 Å². The number of halogens is 3. The van der Waals surface area contributed by atoms with Gasteiger partial charge in [0, 0.05) is 12.4 Å². The Labute approximate surface area is 82.8 Å². The molecule has 6 heteroatoms. The number of rotatable bonds is 1. The molecule has 15 heavy (non-hydrogen) atoms. The van der Waals surface area contributed by atoms with E-state index in [2.05, 4.69) is 4.98 Å². The van der Waals surface area contributed by atoms with Crippen molar-refractivity contribution in [1.29, 1.82) is 0 Å². The summed E-state index contributed by atoms with van der Waals surface area (Å²) in [4.78, 5) is 3.67. The molecule has 0 saturated heterocycles. The summed E-state index contributed by atoms with van der Waals surface area (Å²) >= 11 is 0. The van der Waals surface area contributed by atoms with Gasteiger partial charge in [0.15, 0.2) is 6.10 Å². The zero-order valence-electron chi connectivity index (χ0n) is 7.44. The van der Waals surface area contributed by atoms with Gasteiger partial charge < -0.3 is 9.51 Å². The van der Waals surface area contributed by atoms with E-state index >= 15 is 0 Å². The molecule has 3 nitrogen and oxygen atoms in total. The molecule has 0 aliphatic heterocycles.